The molecule has 0 radical (unpaired) electrons. The molecule has 0 aromatic heterocycles. The van der Waals surface area contributed by atoms with Gasteiger partial charge in [0.25, 0.3) is 0 Å². The standard InChI is InChI=1S/C10H11NO/c1-2-3-6-11-9-5-4-8(7-9)10(11)12/h4-5,8-9H,6-7H2,1H3. The zero-order chi connectivity index (χ0) is 8.55. The van der Waals surface area contributed by atoms with Crippen molar-refractivity contribution in [2.24, 2.45) is 5.92 Å². The zero-order valence-corrected chi connectivity index (χ0v) is 7.08. The molecule has 1 saturated heterocycles. The molecule has 1 aliphatic carbocycles. The van der Waals surface area contributed by atoms with Gasteiger partial charge in [-0.1, -0.05) is 18.1 Å². The van der Waals surface area contributed by atoms with Crippen LogP contribution < -0.4 is 0 Å². The molecule has 2 rings (SSSR count). The maximum Gasteiger partial charge on any atom is 0.230 e. The highest BCUT2D eigenvalue weighted by Crippen LogP contribution is 2.32. The molecule has 2 unspecified atom stereocenters. The molecule has 0 N–H and O–H groups in total. The first-order chi connectivity index (χ1) is 5.83. The van der Waals surface area contributed by atoms with Gasteiger partial charge in [-0.05, 0) is 13.3 Å². The number of amides is 1. The van der Waals surface area contributed by atoms with E-state index < -0.39 is 0 Å². The van der Waals surface area contributed by atoms with Crippen LogP contribution in [-0.4, -0.2) is 23.4 Å². The Bertz CT molecular complexity index is 295. The Morgan fingerprint density at radius 3 is 3.08 bits per heavy atom. The molecule has 2 nitrogen and oxygen atoms in total. The highest BCUT2D eigenvalue weighted by molar-refractivity contribution is 5.85. The fourth-order valence-corrected chi connectivity index (χ4v) is 1.83. The minimum Gasteiger partial charge on any atom is -0.325 e. The number of hydrogen-bond donors (Lipinski definition) is 0. The summed E-state index contributed by atoms with van der Waals surface area (Å²) in [6.07, 6.45) is 5.11. The van der Waals surface area contributed by atoms with E-state index in [0.717, 1.165) is 6.42 Å². The molecular weight excluding hydrogens is 150 g/mol. The molecule has 0 saturated carbocycles. The quantitative estimate of drug-likeness (QED) is 0.411. The number of carbonyl (C=O) groups excluding carboxylic acids is 1. The van der Waals surface area contributed by atoms with E-state index in [1.54, 1.807) is 6.92 Å². The Kier molecular flexibility index (Phi) is 1.65. The van der Waals surface area contributed by atoms with E-state index in [1.165, 1.54) is 0 Å². The normalized spacial score (nSPS) is 30.8. The molecule has 2 bridgehead atoms. The van der Waals surface area contributed by atoms with Crippen molar-refractivity contribution in [1.29, 1.82) is 0 Å². The summed E-state index contributed by atoms with van der Waals surface area (Å²) in [5.41, 5.74) is 0. The van der Waals surface area contributed by atoms with Crippen LogP contribution in [0.5, 0.6) is 0 Å². The number of hydrogen-bond acceptors (Lipinski definition) is 1. The van der Waals surface area contributed by atoms with E-state index in [-0.39, 0.29) is 11.8 Å². The summed E-state index contributed by atoms with van der Waals surface area (Å²) in [4.78, 5) is 13.3. The van der Waals surface area contributed by atoms with Gasteiger partial charge in [-0.3, -0.25) is 4.79 Å². The molecule has 1 fully saturated rings. The van der Waals surface area contributed by atoms with Crippen molar-refractivity contribution in [3.8, 4) is 11.8 Å². The van der Waals surface area contributed by atoms with Crippen LogP contribution in [-0.2, 0) is 4.79 Å². The lowest BCUT2D eigenvalue weighted by molar-refractivity contribution is -0.130. The van der Waals surface area contributed by atoms with Crippen LogP contribution in [0.3, 0.4) is 0 Å². The Morgan fingerprint density at radius 2 is 2.50 bits per heavy atom. The number of nitrogens with zero attached hydrogens (tertiary/aromatic N) is 1. The third kappa shape index (κ3) is 0.937. The molecule has 0 spiro atoms. The fourth-order valence-electron chi connectivity index (χ4n) is 1.83. The zero-order valence-electron chi connectivity index (χ0n) is 7.08. The van der Waals surface area contributed by atoms with Gasteiger partial charge in [0.05, 0.1) is 18.5 Å². The maximum atomic E-state index is 11.5. The maximum absolute atomic E-state index is 11.5. The lowest BCUT2D eigenvalue weighted by atomic mass is 10.1. The summed E-state index contributed by atoms with van der Waals surface area (Å²) >= 11 is 0. The van der Waals surface area contributed by atoms with Crippen LogP contribution in [0.2, 0.25) is 0 Å². The lowest BCUT2D eigenvalue weighted by Gasteiger charge is -2.21. The van der Waals surface area contributed by atoms with Gasteiger partial charge in [-0.2, -0.15) is 0 Å². The second kappa shape index (κ2) is 2.67. The third-order valence-electron chi connectivity index (χ3n) is 2.49. The first-order valence-corrected chi connectivity index (χ1v) is 4.21. The van der Waals surface area contributed by atoms with Gasteiger partial charge in [-0.25, -0.2) is 0 Å². The van der Waals surface area contributed by atoms with Crippen LogP contribution in [0, 0.1) is 17.8 Å². The predicted molar refractivity (Wildman–Crippen MR) is 46.2 cm³/mol. The minimum absolute atomic E-state index is 0.161. The van der Waals surface area contributed by atoms with E-state index in [1.807, 2.05) is 11.0 Å². The molecule has 2 atom stereocenters. The average Bonchev–Trinajstić information content (AvgIpc) is 2.62. The van der Waals surface area contributed by atoms with Gasteiger partial charge in [0, 0.05) is 0 Å². The monoisotopic (exact) mass is 161 g/mol. The average molecular weight is 161 g/mol. The third-order valence-corrected chi connectivity index (χ3v) is 2.49. The predicted octanol–water partition coefficient (Wildman–Crippen LogP) is 0.797. The molecule has 1 heterocycles. The minimum atomic E-state index is 0.161. The Hall–Kier alpha value is -1.23. The first-order valence-electron chi connectivity index (χ1n) is 4.21. The van der Waals surface area contributed by atoms with Crippen molar-refractivity contribution >= 4 is 5.91 Å². The second-order valence-corrected chi connectivity index (χ2v) is 3.19. The van der Waals surface area contributed by atoms with E-state index in [4.69, 9.17) is 0 Å². The summed E-state index contributed by atoms with van der Waals surface area (Å²) in [6, 6.07) is 0.336. The lowest BCUT2D eigenvalue weighted by Crippen LogP contribution is -2.34. The van der Waals surface area contributed by atoms with Crippen molar-refractivity contribution in [2.45, 2.75) is 19.4 Å². The molecule has 2 aliphatic rings. The Balaban J connectivity index is 2.11. The van der Waals surface area contributed by atoms with E-state index in [0.29, 0.717) is 12.6 Å². The molecular formula is C10H11NO. The van der Waals surface area contributed by atoms with Gasteiger partial charge in [0.2, 0.25) is 5.91 Å². The number of fused-ring (bicyclic) bond motifs is 2. The summed E-state index contributed by atoms with van der Waals surface area (Å²) < 4.78 is 0. The number of rotatable bonds is 1. The first kappa shape index (κ1) is 7.42. The molecule has 1 aliphatic heterocycles. The van der Waals surface area contributed by atoms with Crippen molar-refractivity contribution < 1.29 is 4.79 Å². The van der Waals surface area contributed by atoms with Gasteiger partial charge in [-0.15, -0.1) is 5.92 Å². The molecule has 0 aromatic rings. The van der Waals surface area contributed by atoms with Crippen LogP contribution in [0.15, 0.2) is 12.2 Å². The summed E-state index contributed by atoms with van der Waals surface area (Å²) in [5.74, 6) is 6.15. The fraction of sp³-hybridized carbons (Fsp3) is 0.500. The molecule has 0 aromatic carbocycles. The van der Waals surface area contributed by atoms with Crippen molar-refractivity contribution in [3.63, 3.8) is 0 Å². The van der Waals surface area contributed by atoms with Crippen molar-refractivity contribution in [1.82, 2.24) is 4.90 Å². The van der Waals surface area contributed by atoms with Crippen molar-refractivity contribution in [3.05, 3.63) is 12.2 Å². The highest BCUT2D eigenvalue weighted by Gasteiger charge is 2.40. The van der Waals surface area contributed by atoms with Crippen LogP contribution in [0.25, 0.3) is 0 Å². The molecule has 62 valence electrons. The van der Waals surface area contributed by atoms with E-state index in [9.17, 15) is 4.79 Å². The van der Waals surface area contributed by atoms with E-state index in [2.05, 4.69) is 17.9 Å². The van der Waals surface area contributed by atoms with Gasteiger partial charge in [0.15, 0.2) is 0 Å². The second-order valence-electron chi connectivity index (χ2n) is 3.19. The summed E-state index contributed by atoms with van der Waals surface area (Å²) in [5, 5.41) is 0. The smallest absolute Gasteiger partial charge is 0.230 e. The number of likely N-dealkylation sites (tertiary alicyclic amines) is 1. The highest BCUT2D eigenvalue weighted by atomic mass is 16.2. The topological polar surface area (TPSA) is 20.3 Å². The van der Waals surface area contributed by atoms with Gasteiger partial charge >= 0.3 is 0 Å². The number of carbonyl (C=O) groups is 1. The van der Waals surface area contributed by atoms with Crippen molar-refractivity contribution in [2.75, 3.05) is 6.54 Å². The summed E-state index contributed by atoms with van der Waals surface area (Å²) in [6.45, 7) is 2.40. The Labute approximate surface area is 72.2 Å². The van der Waals surface area contributed by atoms with E-state index >= 15 is 0 Å². The SMILES string of the molecule is CC#CCN1C(=O)C2C=CC1C2. The molecule has 12 heavy (non-hydrogen) atoms. The largest absolute Gasteiger partial charge is 0.325 e. The van der Waals surface area contributed by atoms with Crippen LogP contribution >= 0.6 is 0 Å². The van der Waals surface area contributed by atoms with Crippen LogP contribution in [0.4, 0.5) is 0 Å². The Morgan fingerprint density at radius 1 is 1.67 bits per heavy atom. The van der Waals surface area contributed by atoms with Crippen LogP contribution in [0.1, 0.15) is 13.3 Å². The van der Waals surface area contributed by atoms with Gasteiger partial charge < -0.3 is 4.90 Å². The van der Waals surface area contributed by atoms with Gasteiger partial charge in [0.1, 0.15) is 0 Å². The summed E-state index contributed by atoms with van der Waals surface area (Å²) in [7, 11) is 0. The molecule has 2 heteroatoms. The molecule has 1 amide bonds.